The summed E-state index contributed by atoms with van der Waals surface area (Å²) in [6.07, 6.45) is 10.9. The van der Waals surface area contributed by atoms with Crippen molar-refractivity contribution in [3.05, 3.63) is 131 Å². The summed E-state index contributed by atoms with van der Waals surface area (Å²) in [5.41, 5.74) is 7.17. The minimum absolute atomic E-state index is 0.252. The van der Waals surface area contributed by atoms with E-state index in [0.29, 0.717) is 10.8 Å². The number of hydrazone groups is 1. The van der Waals surface area contributed by atoms with E-state index in [0.717, 1.165) is 33.2 Å². The van der Waals surface area contributed by atoms with Gasteiger partial charge in [-0.1, -0.05) is 66.2 Å². The van der Waals surface area contributed by atoms with Crippen LogP contribution in [0.4, 0.5) is 0 Å². The number of nitrogens with zero attached hydrogens (tertiary/aromatic N) is 2. The van der Waals surface area contributed by atoms with Gasteiger partial charge in [-0.2, -0.15) is 5.10 Å². The zero-order chi connectivity index (χ0) is 29.1. The Morgan fingerprint density at radius 3 is 2.33 bits per heavy atom. The topological polar surface area (TPSA) is 108 Å². The van der Waals surface area contributed by atoms with Crippen molar-refractivity contribution >= 4 is 52.7 Å². The van der Waals surface area contributed by atoms with E-state index in [-0.39, 0.29) is 13.0 Å². The van der Waals surface area contributed by atoms with Crippen LogP contribution in [0, 0.1) is 0 Å². The number of rotatable bonds is 11. The van der Waals surface area contributed by atoms with Crippen LogP contribution in [0.25, 0.3) is 23.1 Å². The molecule has 0 aliphatic rings. The first-order valence-electron chi connectivity index (χ1n) is 13.3. The van der Waals surface area contributed by atoms with Gasteiger partial charge in [0.2, 0.25) is 0 Å². The Labute approximate surface area is 248 Å². The monoisotopic (exact) mass is 577 g/mol. The van der Waals surface area contributed by atoms with Crippen LogP contribution < -0.4 is 15.5 Å². The molecule has 9 heteroatoms. The van der Waals surface area contributed by atoms with Gasteiger partial charge in [0, 0.05) is 40.9 Å². The molecule has 0 saturated heterocycles. The van der Waals surface area contributed by atoms with E-state index in [1.165, 1.54) is 6.21 Å². The number of aromatic nitrogens is 2. The fourth-order valence-electron chi connectivity index (χ4n) is 4.25. The zero-order valence-corrected chi connectivity index (χ0v) is 23.3. The molecule has 0 unspecified atom stereocenters. The summed E-state index contributed by atoms with van der Waals surface area (Å²) >= 11 is 5.94. The van der Waals surface area contributed by atoms with Crippen molar-refractivity contribution in [1.29, 1.82) is 0 Å². The fourth-order valence-corrected chi connectivity index (χ4v) is 4.38. The number of benzene rings is 3. The predicted octanol–water partition coefficient (Wildman–Crippen LogP) is 5.64. The lowest BCUT2D eigenvalue weighted by Crippen LogP contribution is -2.48. The van der Waals surface area contributed by atoms with E-state index < -0.39 is 17.9 Å². The Hall–Kier alpha value is -5.21. The van der Waals surface area contributed by atoms with Gasteiger partial charge < -0.3 is 15.0 Å². The molecular weight excluding hydrogens is 550 g/mol. The molecule has 0 saturated carbocycles. The molecule has 5 rings (SSSR count). The lowest BCUT2D eigenvalue weighted by molar-refractivity contribution is -0.130. The third kappa shape index (κ3) is 7.93. The van der Waals surface area contributed by atoms with Gasteiger partial charge in [0.25, 0.3) is 11.8 Å². The van der Waals surface area contributed by atoms with Crippen LogP contribution in [0.2, 0.25) is 5.02 Å². The standard InChI is InChI=1S/C33H28ClN5O3/c34-27-11-7-23(8-12-27)5-6-24-9-13-28(14-10-24)42-22-32(40)38-31(19-26-21-36-30-4-2-1-3-29(26)30)33(41)39-37-20-25-15-17-35-18-16-25/h1-18,20-21,31,36H,19,22H2,(H,38,40)(H,39,41)/b6-5+,37-20+/t31-/m0/s1. The normalized spacial score (nSPS) is 12.0. The van der Waals surface area contributed by atoms with Gasteiger partial charge in [0.15, 0.2) is 6.61 Å². The van der Waals surface area contributed by atoms with E-state index in [1.54, 1.807) is 36.7 Å². The first-order valence-corrected chi connectivity index (χ1v) is 13.6. The third-order valence-corrected chi connectivity index (χ3v) is 6.69. The quantitative estimate of drug-likeness (QED) is 0.107. The van der Waals surface area contributed by atoms with Crippen LogP contribution >= 0.6 is 11.6 Å². The molecular formula is C33H28ClN5O3. The summed E-state index contributed by atoms with van der Waals surface area (Å²) in [4.78, 5) is 33.2. The van der Waals surface area contributed by atoms with E-state index >= 15 is 0 Å². The maximum Gasteiger partial charge on any atom is 0.262 e. The minimum atomic E-state index is -0.879. The van der Waals surface area contributed by atoms with Crippen molar-refractivity contribution in [2.45, 2.75) is 12.5 Å². The Balaban J connectivity index is 1.20. The molecule has 5 aromatic rings. The lowest BCUT2D eigenvalue weighted by atomic mass is 10.0. The fraction of sp³-hybridized carbons (Fsp3) is 0.0909. The van der Waals surface area contributed by atoms with Gasteiger partial charge in [0.1, 0.15) is 11.8 Å². The maximum absolute atomic E-state index is 13.1. The first-order chi connectivity index (χ1) is 20.5. The van der Waals surface area contributed by atoms with E-state index in [1.807, 2.05) is 79.0 Å². The number of nitrogens with one attached hydrogen (secondary N) is 3. The van der Waals surface area contributed by atoms with E-state index in [4.69, 9.17) is 16.3 Å². The molecule has 3 N–H and O–H groups in total. The molecule has 0 bridgehead atoms. The SMILES string of the molecule is O=C(COc1ccc(/C=C/c2ccc(Cl)cc2)cc1)N[C@@H](Cc1c[nH]c2ccccc12)C(=O)N/N=C/c1ccncc1. The molecule has 2 aromatic heterocycles. The molecule has 2 heterocycles. The molecule has 1 atom stereocenters. The average molecular weight is 578 g/mol. The molecule has 8 nitrogen and oxygen atoms in total. The molecule has 0 aliphatic carbocycles. The summed E-state index contributed by atoms with van der Waals surface area (Å²) in [5, 5.41) is 8.52. The highest BCUT2D eigenvalue weighted by atomic mass is 35.5. The number of halogens is 1. The van der Waals surface area contributed by atoms with Gasteiger partial charge in [0.05, 0.1) is 6.21 Å². The number of ether oxygens (including phenoxy) is 1. The number of aromatic amines is 1. The number of hydrogen-bond donors (Lipinski definition) is 3. The van der Waals surface area contributed by atoms with Crippen LogP contribution in [-0.2, 0) is 16.0 Å². The van der Waals surface area contributed by atoms with Crippen molar-refractivity contribution in [1.82, 2.24) is 20.7 Å². The van der Waals surface area contributed by atoms with Crippen molar-refractivity contribution < 1.29 is 14.3 Å². The molecule has 0 spiro atoms. The Bertz CT molecular complexity index is 1700. The van der Waals surface area contributed by atoms with E-state index in [9.17, 15) is 9.59 Å². The number of pyridine rings is 1. The highest BCUT2D eigenvalue weighted by Crippen LogP contribution is 2.20. The highest BCUT2D eigenvalue weighted by Gasteiger charge is 2.23. The van der Waals surface area contributed by atoms with Crippen LogP contribution in [0.1, 0.15) is 22.3 Å². The van der Waals surface area contributed by atoms with Crippen LogP contribution in [0.3, 0.4) is 0 Å². The summed E-state index contributed by atoms with van der Waals surface area (Å²) in [6.45, 7) is -0.252. The van der Waals surface area contributed by atoms with E-state index in [2.05, 4.69) is 25.8 Å². The second-order valence-electron chi connectivity index (χ2n) is 9.44. The largest absolute Gasteiger partial charge is 0.484 e. The van der Waals surface area contributed by atoms with Gasteiger partial charge >= 0.3 is 0 Å². The van der Waals surface area contributed by atoms with Crippen LogP contribution in [0.15, 0.2) is 109 Å². The number of amides is 2. The second kappa shape index (κ2) is 13.9. The summed E-state index contributed by atoms with van der Waals surface area (Å²) < 4.78 is 5.70. The first kappa shape index (κ1) is 28.3. The highest BCUT2D eigenvalue weighted by molar-refractivity contribution is 6.30. The molecule has 0 fully saturated rings. The van der Waals surface area contributed by atoms with Crippen molar-refractivity contribution in [2.75, 3.05) is 6.61 Å². The molecule has 3 aromatic carbocycles. The Morgan fingerprint density at radius 1 is 0.905 bits per heavy atom. The molecule has 0 aliphatic heterocycles. The van der Waals surface area contributed by atoms with Gasteiger partial charge in [-0.15, -0.1) is 0 Å². The van der Waals surface area contributed by atoms with Crippen LogP contribution in [-0.4, -0.2) is 40.6 Å². The summed E-state index contributed by atoms with van der Waals surface area (Å²) in [5.74, 6) is -0.344. The number of fused-ring (bicyclic) bond motifs is 1. The van der Waals surface area contributed by atoms with Crippen molar-refractivity contribution in [3.8, 4) is 5.75 Å². The average Bonchev–Trinajstić information content (AvgIpc) is 3.43. The summed E-state index contributed by atoms with van der Waals surface area (Å²) in [6, 6.07) is 25.4. The predicted molar refractivity (Wildman–Crippen MR) is 166 cm³/mol. The lowest BCUT2D eigenvalue weighted by Gasteiger charge is -2.17. The number of carbonyl (C=O) groups excluding carboxylic acids is 2. The van der Waals surface area contributed by atoms with Gasteiger partial charge in [-0.05, 0) is 64.7 Å². The smallest absolute Gasteiger partial charge is 0.262 e. The van der Waals surface area contributed by atoms with Crippen LogP contribution in [0.5, 0.6) is 5.75 Å². The second-order valence-corrected chi connectivity index (χ2v) is 9.88. The van der Waals surface area contributed by atoms with Gasteiger partial charge in [-0.3, -0.25) is 14.6 Å². The number of H-pyrrole nitrogens is 1. The van der Waals surface area contributed by atoms with Gasteiger partial charge in [-0.25, -0.2) is 5.43 Å². The number of para-hydroxylation sites is 1. The Morgan fingerprint density at radius 2 is 1.60 bits per heavy atom. The number of carbonyl (C=O) groups is 2. The molecule has 0 radical (unpaired) electrons. The molecule has 2 amide bonds. The molecule has 210 valence electrons. The third-order valence-electron chi connectivity index (χ3n) is 6.43. The number of hydrogen-bond acceptors (Lipinski definition) is 5. The maximum atomic E-state index is 13.1. The van der Waals surface area contributed by atoms with Crippen molar-refractivity contribution in [2.24, 2.45) is 5.10 Å². The minimum Gasteiger partial charge on any atom is -0.484 e. The van der Waals surface area contributed by atoms with Crippen molar-refractivity contribution in [3.63, 3.8) is 0 Å². The summed E-state index contributed by atoms with van der Waals surface area (Å²) in [7, 11) is 0. The molecule has 42 heavy (non-hydrogen) atoms. The Kier molecular flexibility index (Phi) is 9.39. The zero-order valence-electron chi connectivity index (χ0n) is 22.5.